The van der Waals surface area contributed by atoms with Gasteiger partial charge in [-0.1, -0.05) is 31.4 Å². The molecule has 1 aliphatic carbocycles. The molecule has 2 heterocycles. The molecule has 28 heavy (non-hydrogen) atoms. The van der Waals surface area contributed by atoms with Crippen molar-refractivity contribution in [2.75, 3.05) is 38.3 Å². The molecule has 0 radical (unpaired) electrons. The molecular formula is C22H28N4O2. The number of benzene rings is 1. The van der Waals surface area contributed by atoms with E-state index in [9.17, 15) is 4.79 Å². The molecule has 0 unspecified atom stereocenters. The Hall–Kier alpha value is -2.47. The summed E-state index contributed by atoms with van der Waals surface area (Å²) in [5, 5.41) is 8.79. The van der Waals surface area contributed by atoms with Crippen LogP contribution in [0.4, 0.5) is 5.82 Å². The molecule has 0 spiro atoms. The molecule has 1 saturated carbocycles. The number of nitrogens with zero attached hydrogens (tertiary/aromatic N) is 4. The van der Waals surface area contributed by atoms with E-state index in [-0.39, 0.29) is 5.91 Å². The number of amides is 1. The lowest BCUT2D eigenvalue weighted by Gasteiger charge is -2.31. The third-order valence-corrected chi connectivity index (χ3v) is 5.83. The van der Waals surface area contributed by atoms with Crippen LogP contribution in [0.3, 0.4) is 0 Å². The number of carbonyl (C=O) groups excluding carboxylic acids is 1. The third-order valence-electron chi connectivity index (χ3n) is 5.83. The van der Waals surface area contributed by atoms with Gasteiger partial charge in [0.1, 0.15) is 0 Å². The Morgan fingerprint density at radius 3 is 2.57 bits per heavy atom. The van der Waals surface area contributed by atoms with Crippen molar-refractivity contribution in [3.8, 4) is 11.3 Å². The normalized spacial score (nSPS) is 18.1. The Kier molecular flexibility index (Phi) is 5.86. The Balaban J connectivity index is 1.49. The van der Waals surface area contributed by atoms with Gasteiger partial charge in [0.05, 0.1) is 18.9 Å². The molecule has 1 aliphatic heterocycles. The first-order valence-electron chi connectivity index (χ1n) is 10.3. The summed E-state index contributed by atoms with van der Waals surface area (Å²) >= 11 is 0. The van der Waals surface area contributed by atoms with Gasteiger partial charge in [-0.3, -0.25) is 4.79 Å². The summed E-state index contributed by atoms with van der Waals surface area (Å²) in [6, 6.07) is 12.1. The fourth-order valence-electron chi connectivity index (χ4n) is 4.09. The van der Waals surface area contributed by atoms with Crippen LogP contribution in [-0.4, -0.2) is 60.4 Å². The van der Waals surface area contributed by atoms with Gasteiger partial charge in [0.25, 0.3) is 5.91 Å². The van der Waals surface area contributed by atoms with Gasteiger partial charge >= 0.3 is 0 Å². The minimum absolute atomic E-state index is 0.0895. The van der Waals surface area contributed by atoms with Gasteiger partial charge in [0, 0.05) is 37.3 Å². The maximum Gasteiger partial charge on any atom is 0.253 e. The molecule has 0 N–H and O–H groups in total. The van der Waals surface area contributed by atoms with E-state index in [0.29, 0.717) is 11.6 Å². The third kappa shape index (κ3) is 4.17. The number of carbonyl (C=O) groups is 1. The number of aromatic nitrogens is 2. The molecule has 1 amide bonds. The molecule has 1 saturated heterocycles. The minimum atomic E-state index is 0.0895. The van der Waals surface area contributed by atoms with E-state index in [1.807, 2.05) is 48.3 Å². The van der Waals surface area contributed by atoms with Gasteiger partial charge in [0.15, 0.2) is 5.82 Å². The fourth-order valence-corrected chi connectivity index (χ4v) is 4.09. The maximum absolute atomic E-state index is 13.0. The van der Waals surface area contributed by atoms with Gasteiger partial charge in [-0.05, 0) is 37.1 Å². The lowest BCUT2D eigenvalue weighted by Crippen LogP contribution is -2.38. The molecular weight excluding hydrogens is 352 g/mol. The predicted molar refractivity (Wildman–Crippen MR) is 109 cm³/mol. The van der Waals surface area contributed by atoms with Gasteiger partial charge < -0.3 is 14.5 Å². The molecule has 2 aromatic rings. The van der Waals surface area contributed by atoms with E-state index in [4.69, 9.17) is 4.74 Å². The monoisotopic (exact) mass is 380 g/mol. The number of morpholine rings is 1. The second-order valence-electron chi connectivity index (χ2n) is 7.66. The molecule has 0 bridgehead atoms. The van der Waals surface area contributed by atoms with E-state index in [1.165, 1.54) is 19.3 Å². The quantitative estimate of drug-likeness (QED) is 0.814. The number of ether oxygens (including phenoxy) is 1. The highest BCUT2D eigenvalue weighted by Gasteiger charge is 2.23. The smallest absolute Gasteiger partial charge is 0.253 e. The zero-order chi connectivity index (χ0) is 19.3. The van der Waals surface area contributed by atoms with E-state index >= 15 is 0 Å². The zero-order valence-corrected chi connectivity index (χ0v) is 16.5. The first kappa shape index (κ1) is 18.9. The van der Waals surface area contributed by atoms with Crippen LogP contribution >= 0.6 is 0 Å². The Morgan fingerprint density at radius 1 is 1.07 bits per heavy atom. The SMILES string of the molecule is CN(C(=O)c1cccc(-c2ccc(N3CCOCC3)nn2)c1)C1CCCCC1. The second kappa shape index (κ2) is 8.69. The van der Waals surface area contributed by atoms with Crippen LogP contribution < -0.4 is 4.90 Å². The van der Waals surface area contributed by atoms with Crippen molar-refractivity contribution in [1.29, 1.82) is 0 Å². The number of anilines is 1. The summed E-state index contributed by atoms with van der Waals surface area (Å²) in [7, 11) is 1.93. The molecule has 0 atom stereocenters. The van der Waals surface area contributed by atoms with Crippen molar-refractivity contribution in [2.24, 2.45) is 0 Å². The topological polar surface area (TPSA) is 58.6 Å². The molecule has 1 aromatic heterocycles. The van der Waals surface area contributed by atoms with Crippen LogP contribution in [-0.2, 0) is 4.74 Å². The predicted octanol–water partition coefficient (Wildman–Crippen LogP) is 3.38. The highest BCUT2D eigenvalue weighted by molar-refractivity contribution is 5.95. The Labute approximate surface area is 166 Å². The first-order valence-corrected chi connectivity index (χ1v) is 10.3. The first-order chi connectivity index (χ1) is 13.7. The number of hydrogen-bond donors (Lipinski definition) is 0. The molecule has 2 aliphatic rings. The molecule has 148 valence electrons. The van der Waals surface area contributed by atoms with Gasteiger partial charge in [-0.25, -0.2) is 0 Å². The summed E-state index contributed by atoms with van der Waals surface area (Å²) < 4.78 is 5.39. The van der Waals surface area contributed by atoms with Crippen molar-refractivity contribution in [2.45, 2.75) is 38.1 Å². The zero-order valence-electron chi connectivity index (χ0n) is 16.5. The van der Waals surface area contributed by atoms with E-state index in [1.54, 1.807) is 0 Å². The Morgan fingerprint density at radius 2 is 1.86 bits per heavy atom. The van der Waals surface area contributed by atoms with Gasteiger partial charge in [0.2, 0.25) is 0 Å². The van der Waals surface area contributed by atoms with Crippen molar-refractivity contribution < 1.29 is 9.53 Å². The van der Waals surface area contributed by atoms with Gasteiger partial charge in [-0.2, -0.15) is 0 Å². The van der Waals surface area contributed by atoms with E-state index in [2.05, 4.69) is 15.1 Å². The highest BCUT2D eigenvalue weighted by atomic mass is 16.5. The fraction of sp³-hybridized carbons (Fsp3) is 0.500. The molecule has 4 rings (SSSR count). The number of hydrogen-bond acceptors (Lipinski definition) is 5. The summed E-state index contributed by atoms with van der Waals surface area (Å²) in [5.41, 5.74) is 2.42. The Bertz CT molecular complexity index is 796. The van der Waals surface area contributed by atoms with E-state index in [0.717, 1.165) is 56.2 Å². The van der Waals surface area contributed by atoms with Crippen LogP contribution in [0.25, 0.3) is 11.3 Å². The maximum atomic E-state index is 13.0. The highest BCUT2D eigenvalue weighted by Crippen LogP contribution is 2.25. The lowest BCUT2D eigenvalue weighted by atomic mass is 9.94. The molecule has 2 fully saturated rings. The summed E-state index contributed by atoms with van der Waals surface area (Å²) in [6.45, 7) is 3.13. The summed E-state index contributed by atoms with van der Waals surface area (Å²) in [5.74, 6) is 0.961. The summed E-state index contributed by atoms with van der Waals surface area (Å²) in [4.78, 5) is 17.1. The van der Waals surface area contributed by atoms with Crippen molar-refractivity contribution in [3.05, 3.63) is 42.0 Å². The largest absolute Gasteiger partial charge is 0.378 e. The van der Waals surface area contributed by atoms with Crippen molar-refractivity contribution in [3.63, 3.8) is 0 Å². The van der Waals surface area contributed by atoms with Crippen LogP contribution in [0.1, 0.15) is 42.5 Å². The minimum Gasteiger partial charge on any atom is -0.378 e. The number of rotatable bonds is 4. The average Bonchev–Trinajstić information content (AvgIpc) is 2.79. The van der Waals surface area contributed by atoms with Crippen LogP contribution in [0.5, 0.6) is 0 Å². The molecule has 6 heteroatoms. The summed E-state index contributed by atoms with van der Waals surface area (Å²) in [6.07, 6.45) is 5.93. The average molecular weight is 380 g/mol. The van der Waals surface area contributed by atoms with Gasteiger partial charge in [-0.15, -0.1) is 10.2 Å². The van der Waals surface area contributed by atoms with Crippen LogP contribution in [0.15, 0.2) is 36.4 Å². The molecule has 6 nitrogen and oxygen atoms in total. The second-order valence-corrected chi connectivity index (χ2v) is 7.66. The van der Waals surface area contributed by atoms with E-state index < -0.39 is 0 Å². The van der Waals surface area contributed by atoms with Crippen molar-refractivity contribution >= 4 is 11.7 Å². The van der Waals surface area contributed by atoms with Crippen LogP contribution in [0, 0.1) is 0 Å². The van der Waals surface area contributed by atoms with Crippen molar-refractivity contribution in [1.82, 2.24) is 15.1 Å². The molecule has 1 aromatic carbocycles. The lowest BCUT2D eigenvalue weighted by molar-refractivity contribution is 0.0696. The van der Waals surface area contributed by atoms with Crippen LogP contribution in [0.2, 0.25) is 0 Å². The standard InChI is InChI=1S/C22H28N4O2/c1-25(19-8-3-2-4-9-19)22(27)18-7-5-6-17(16-18)20-10-11-21(24-23-20)26-12-14-28-15-13-26/h5-7,10-11,16,19H,2-4,8-9,12-15H2,1H3.